The van der Waals surface area contributed by atoms with E-state index in [9.17, 15) is 5.11 Å². The molecular formula is C18H21NO2. The van der Waals surface area contributed by atoms with E-state index in [0.717, 1.165) is 37.4 Å². The molecular weight excluding hydrogens is 262 g/mol. The lowest BCUT2D eigenvalue weighted by Crippen LogP contribution is -2.36. The summed E-state index contributed by atoms with van der Waals surface area (Å²) in [6, 6.07) is 18.3. The second-order valence-corrected chi connectivity index (χ2v) is 5.40. The van der Waals surface area contributed by atoms with Gasteiger partial charge in [0.2, 0.25) is 0 Å². The van der Waals surface area contributed by atoms with Crippen LogP contribution >= 0.6 is 0 Å². The Balaban J connectivity index is 1.65. The van der Waals surface area contributed by atoms with E-state index in [1.54, 1.807) is 0 Å². The standard InChI is InChI=1S/C18H21NO2/c20-18(14-15-4-2-1-3-5-15)16-6-8-17(9-7-16)19-10-12-21-13-11-19/h1-9,18,20H,10-14H2. The van der Waals surface area contributed by atoms with Crippen LogP contribution < -0.4 is 4.90 Å². The van der Waals surface area contributed by atoms with Gasteiger partial charge in [-0.1, -0.05) is 42.5 Å². The minimum atomic E-state index is -0.453. The lowest BCUT2D eigenvalue weighted by Gasteiger charge is -2.29. The molecule has 0 radical (unpaired) electrons. The van der Waals surface area contributed by atoms with Gasteiger partial charge in [0.05, 0.1) is 19.3 Å². The zero-order valence-electron chi connectivity index (χ0n) is 12.1. The molecule has 1 N–H and O–H groups in total. The van der Waals surface area contributed by atoms with Gasteiger partial charge in [-0.05, 0) is 23.3 Å². The van der Waals surface area contributed by atoms with Crippen molar-refractivity contribution >= 4 is 5.69 Å². The molecule has 1 aliphatic rings. The fourth-order valence-corrected chi connectivity index (χ4v) is 2.68. The second kappa shape index (κ2) is 6.74. The molecule has 3 nitrogen and oxygen atoms in total. The van der Waals surface area contributed by atoms with Crippen molar-refractivity contribution in [1.82, 2.24) is 0 Å². The van der Waals surface area contributed by atoms with Crippen LogP contribution in [0.3, 0.4) is 0 Å². The predicted molar refractivity (Wildman–Crippen MR) is 84.6 cm³/mol. The number of anilines is 1. The number of morpholine rings is 1. The normalized spacial score (nSPS) is 16.7. The third-order valence-electron chi connectivity index (χ3n) is 3.93. The highest BCUT2D eigenvalue weighted by molar-refractivity contribution is 5.48. The first-order valence-corrected chi connectivity index (χ1v) is 7.47. The summed E-state index contributed by atoms with van der Waals surface area (Å²) in [5, 5.41) is 10.3. The van der Waals surface area contributed by atoms with Gasteiger partial charge in [0, 0.05) is 25.2 Å². The molecule has 1 aliphatic heterocycles. The van der Waals surface area contributed by atoms with Crippen LogP contribution in [0, 0.1) is 0 Å². The number of rotatable bonds is 4. The molecule has 21 heavy (non-hydrogen) atoms. The smallest absolute Gasteiger partial charge is 0.0830 e. The summed E-state index contributed by atoms with van der Waals surface area (Å²) in [5.41, 5.74) is 3.33. The maximum Gasteiger partial charge on any atom is 0.0830 e. The summed E-state index contributed by atoms with van der Waals surface area (Å²) in [4.78, 5) is 2.32. The van der Waals surface area contributed by atoms with Gasteiger partial charge in [-0.2, -0.15) is 0 Å². The van der Waals surface area contributed by atoms with Crippen LogP contribution in [-0.2, 0) is 11.2 Å². The Bertz CT molecular complexity index is 547. The van der Waals surface area contributed by atoms with Crippen LogP contribution in [0.15, 0.2) is 54.6 Å². The van der Waals surface area contributed by atoms with Crippen molar-refractivity contribution in [1.29, 1.82) is 0 Å². The minimum Gasteiger partial charge on any atom is -0.388 e. The molecule has 1 atom stereocenters. The quantitative estimate of drug-likeness (QED) is 0.936. The molecule has 0 amide bonds. The summed E-state index contributed by atoms with van der Waals surface area (Å²) in [5.74, 6) is 0. The van der Waals surface area contributed by atoms with Crippen LogP contribution in [0.5, 0.6) is 0 Å². The lowest BCUT2D eigenvalue weighted by molar-refractivity contribution is 0.122. The molecule has 0 spiro atoms. The van der Waals surface area contributed by atoms with Gasteiger partial charge in [0.1, 0.15) is 0 Å². The van der Waals surface area contributed by atoms with Gasteiger partial charge in [-0.25, -0.2) is 0 Å². The van der Waals surface area contributed by atoms with Crippen molar-refractivity contribution < 1.29 is 9.84 Å². The minimum absolute atomic E-state index is 0.453. The summed E-state index contributed by atoms with van der Waals surface area (Å²) < 4.78 is 5.37. The monoisotopic (exact) mass is 283 g/mol. The molecule has 1 fully saturated rings. The van der Waals surface area contributed by atoms with Crippen molar-refractivity contribution in [2.45, 2.75) is 12.5 Å². The van der Waals surface area contributed by atoms with Crippen molar-refractivity contribution in [2.75, 3.05) is 31.2 Å². The van der Waals surface area contributed by atoms with E-state index in [1.165, 1.54) is 5.69 Å². The Morgan fingerprint density at radius 3 is 2.29 bits per heavy atom. The number of aliphatic hydroxyl groups is 1. The number of aliphatic hydroxyl groups excluding tert-OH is 1. The first-order chi connectivity index (χ1) is 10.3. The third-order valence-corrected chi connectivity index (χ3v) is 3.93. The maximum atomic E-state index is 10.3. The first kappa shape index (κ1) is 14.1. The van der Waals surface area contributed by atoms with E-state index in [2.05, 4.69) is 17.0 Å². The summed E-state index contributed by atoms with van der Waals surface area (Å²) >= 11 is 0. The SMILES string of the molecule is OC(Cc1ccccc1)c1ccc(N2CCOCC2)cc1. The number of hydrogen-bond donors (Lipinski definition) is 1. The third kappa shape index (κ3) is 3.63. The van der Waals surface area contributed by atoms with Crippen LogP contribution in [0.1, 0.15) is 17.2 Å². The molecule has 1 unspecified atom stereocenters. The maximum absolute atomic E-state index is 10.3. The van der Waals surface area contributed by atoms with E-state index < -0.39 is 6.10 Å². The number of hydrogen-bond acceptors (Lipinski definition) is 3. The van der Waals surface area contributed by atoms with Gasteiger partial charge < -0.3 is 14.7 Å². The molecule has 1 saturated heterocycles. The number of benzene rings is 2. The zero-order valence-corrected chi connectivity index (χ0v) is 12.1. The Kier molecular flexibility index (Phi) is 4.53. The molecule has 3 rings (SSSR count). The molecule has 2 aromatic rings. The zero-order chi connectivity index (χ0) is 14.5. The Morgan fingerprint density at radius 2 is 1.62 bits per heavy atom. The largest absolute Gasteiger partial charge is 0.388 e. The Hall–Kier alpha value is -1.84. The molecule has 0 aliphatic carbocycles. The van der Waals surface area contributed by atoms with E-state index in [4.69, 9.17) is 4.74 Å². The second-order valence-electron chi connectivity index (χ2n) is 5.40. The lowest BCUT2D eigenvalue weighted by atomic mass is 10.0. The fourth-order valence-electron chi connectivity index (χ4n) is 2.68. The van der Waals surface area contributed by atoms with Crippen LogP contribution in [0.2, 0.25) is 0 Å². The molecule has 0 aromatic heterocycles. The average Bonchev–Trinajstić information content (AvgIpc) is 2.57. The van der Waals surface area contributed by atoms with Crippen LogP contribution in [0.25, 0.3) is 0 Å². The van der Waals surface area contributed by atoms with Gasteiger partial charge in [0.15, 0.2) is 0 Å². The predicted octanol–water partition coefficient (Wildman–Crippen LogP) is 2.80. The molecule has 0 bridgehead atoms. The molecule has 3 heteroatoms. The highest BCUT2D eigenvalue weighted by Gasteiger charge is 2.13. The Labute approximate surface area is 125 Å². The summed E-state index contributed by atoms with van der Waals surface area (Å²) in [6.45, 7) is 3.45. The summed E-state index contributed by atoms with van der Waals surface area (Å²) in [6.07, 6.45) is 0.198. The molecule has 1 heterocycles. The van der Waals surface area contributed by atoms with E-state index >= 15 is 0 Å². The van der Waals surface area contributed by atoms with Crippen molar-refractivity contribution in [3.63, 3.8) is 0 Å². The number of ether oxygens (including phenoxy) is 1. The highest BCUT2D eigenvalue weighted by atomic mass is 16.5. The van der Waals surface area contributed by atoms with E-state index in [-0.39, 0.29) is 0 Å². The van der Waals surface area contributed by atoms with E-state index in [1.807, 2.05) is 42.5 Å². The number of nitrogens with zero attached hydrogens (tertiary/aromatic N) is 1. The fraction of sp³-hybridized carbons (Fsp3) is 0.333. The van der Waals surface area contributed by atoms with Gasteiger partial charge in [0.25, 0.3) is 0 Å². The van der Waals surface area contributed by atoms with Crippen LogP contribution in [-0.4, -0.2) is 31.4 Å². The average molecular weight is 283 g/mol. The van der Waals surface area contributed by atoms with Gasteiger partial charge in [-0.15, -0.1) is 0 Å². The van der Waals surface area contributed by atoms with Crippen LogP contribution in [0.4, 0.5) is 5.69 Å². The highest BCUT2D eigenvalue weighted by Crippen LogP contribution is 2.22. The molecule has 110 valence electrons. The van der Waals surface area contributed by atoms with Gasteiger partial charge in [-0.3, -0.25) is 0 Å². The van der Waals surface area contributed by atoms with Gasteiger partial charge >= 0.3 is 0 Å². The van der Waals surface area contributed by atoms with Crippen molar-refractivity contribution in [3.05, 3.63) is 65.7 Å². The van der Waals surface area contributed by atoms with Crippen molar-refractivity contribution in [3.8, 4) is 0 Å². The first-order valence-electron chi connectivity index (χ1n) is 7.47. The van der Waals surface area contributed by atoms with E-state index in [0.29, 0.717) is 6.42 Å². The summed E-state index contributed by atoms with van der Waals surface area (Å²) in [7, 11) is 0. The molecule has 2 aromatic carbocycles. The van der Waals surface area contributed by atoms with Crippen molar-refractivity contribution in [2.24, 2.45) is 0 Å². The molecule has 0 saturated carbocycles. The topological polar surface area (TPSA) is 32.7 Å². The Morgan fingerprint density at radius 1 is 0.952 bits per heavy atom.